The van der Waals surface area contributed by atoms with E-state index in [-0.39, 0.29) is 5.82 Å². The van der Waals surface area contributed by atoms with E-state index in [9.17, 15) is 4.39 Å². The van der Waals surface area contributed by atoms with Crippen molar-refractivity contribution in [3.8, 4) is 0 Å². The van der Waals surface area contributed by atoms with Crippen molar-refractivity contribution < 1.29 is 4.39 Å². The first-order chi connectivity index (χ1) is 10.7. The number of nitrogens with zero attached hydrogens (tertiary/aromatic N) is 5. The van der Waals surface area contributed by atoms with Crippen molar-refractivity contribution in [2.45, 2.75) is 19.5 Å². The normalized spacial score (nSPS) is 14.8. The molecule has 0 unspecified atom stereocenters. The minimum absolute atomic E-state index is 0.238. The van der Waals surface area contributed by atoms with E-state index in [0.29, 0.717) is 18.9 Å². The molecule has 1 aliphatic heterocycles. The minimum Gasteiger partial charge on any atom is -0.349 e. The van der Waals surface area contributed by atoms with Gasteiger partial charge in [-0.15, -0.1) is 0 Å². The van der Waals surface area contributed by atoms with Crippen LogP contribution in [0.1, 0.15) is 17.8 Å². The summed E-state index contributed by atoms with van der Waals surface area (Å²) in [6.07, 6.45) is 2.75. The fraction of sp³-hybridized carbons (Fsp3) is 0.400. The second-order valence-electron chi connectivity index (χ2n) is 5.32. The Morgan fingerprint density at radius 1 is 1.36 bits per heavy atom. The van der Waals surface area contributed by atoms with Crippen molar-refractivity contribution in [3.63, 3.8) is 0 Å². The Labute approximate surface area is 128 Å². The maximum atomic E-state index is 13.2. The lowest BCUT2D eigenvalue weighted by molar-refractivity contribution is 0.445. The minimum atomic E-state index is -0.238. The maximum absolute atomic E-state index is 13.2. The van der Waals surface area contributed by atoms with Crippen molar-refractivity contribution in [3.05, 3.63) is 47.8 Å². The fourth-order valence-electron chi connectivity index (χ4n) is 2.38. The van der Waals surface area contributed by atoms with Crippen LogP contribution in [0.3, 0.4) is 0 Å². The smallest absolute Gasteiger partial charge is 0.194 e. The molecule has 1 aromatic heterocycles. The highest BCUT2D eigenvalue weighted by Crippen LogP contribution is 2.05. The molecule has 6 nitrogen and oxygen atoms in total. The van der Waals surface area contributed by atoms with E-state index in [1.807, 2.05) is 13.1 Å². The lowest BCUT2D eigenvalue weighted by Crippen LogP contribution is -2.41. The lowest BCUT2D eigenvalue weighted by Gasteiger charge is -2.25. The summed E-state index contributed by atoms with van der Waals surface area (Å²) in [5.41, 5.74) is 0.862. The van der Waals surface area contributed by atoms with Gasteiger partial charge >= 0.3 is 0 Å². The number of hydrogen-bond donors (Lipinski definition) is 1. The van der Waals surface area contributed by atoms with Gasteiger partial charge < -0.3 is 10.2 Å². The molecular weight excluding hydrogens is 283 g/mol. The Kier molecular flexibility index (Phi) is 4.32. The summed E-state index contributed by atoms with van der Waals surface area (Å²) in [5, 5.41) is 7.64. The summed E-state index contributed by atoms with van der Waals surface area (Å²) in [6.45, 7) is 2.90. The summed E-state index contributed by atoms with van der Waals surface area (Å²) >= 11 is 0. The van der Waals surface area contributed by atoms with E-state index in [0.717, 1.165) is 31.0 Å². The summed E-state index contributed by atoms with van der Waals surface area (Å²) in [4.78, 5) is 10.8. The molecule has 1 aliphatic rings. The molecule has 116 valence electrons. The van der Waals surface area contributed by atoms with Crippen molar-refractivity contribution in [2.24, 2.45) is 4.99 Å². The van der Waals surface area contributed by atoms with Crippen LogP contribution in [0.5, 0.6) is 0 Å². The molecule has 0 fully saturated rings. The van der Waals surface area contributed by atoms with Gasteiger partial charge in [0.15, 0.2) is 11.8 Å². The predicted octanol–water partition coefficient (Wildman–Crippen LogP) is 1.25. The second kappa shape index (κ2) is 6.55. The van der Waals surface area contributed by atoms with Crippen molar-refractivity contribution in [1.82, 2.24) is 25.0 Å². The number of halogens is 1. The van der Waals surface area contributed by atoms with Crippen LogP contribution in [0.15, 0.2) is 35.6 Å². The number of aliphatic imine (C=N–C) groups is 1. The van der Waals surface area contributed by atoms with Gasteiger partial charge in [-0.25, -0.2) is 14.1 Å². The standard InChI is InChI=1S/C15H19FN6/c1-21-7-3-6-17-15(21)18-9-14-19-11-22(20-14)10-12-4-2-5-13(16)8-12/h2,4-5,8,11H,3,6-7,9-10H2,1H3,(H,17,18). The van der Waals surface area contributed by atoms with E-state index < -0.39 is 0 Å². The SMILES string of the molecule is CN1CCCN=C1NCc1ncn(Cc2cccc(F)c2)n1. The third-order valence-corrected chi connectivity index (χ3v) is 3.50. The van der Waals surface area contributed by atoms with E-state index in [2.05, 4.69) is 25.3 Å². The van der Waals surface area contributed by atoms with Gasteiger partial charge in [0.05, 0.1) is 13.1 Å². The number of nitrogens with one attached hydrogen (secondary N) is 1. The number of rotatable bonds is 4. The van der Waals surface area contributed by atoms with Gasteiger partial charge in [0.2, 0.25) is 0 Å². The van der Waals surface area contributed by atoms with Gasteiger partial charge in [0.1, 0.15) is 12.1 Å². The molecule has 0 saturated heterocycles. The molecule has 0 saturated carbocycles. The Morgan fingerprint density at radius 2 is 2.27 bits per heavy atom. The Balaban J connectivity index is 1.58. The van der Waals surface area contributed by atoms with Crippen molar-refractivity contribution in [2.75, 3.05) is 20.1 Å². The van der Waals surface area contributed by atoms with Crippen LogP contribution in [-0.4, -0.2) is 45.8 Å². The van der Waals surface area contributed by atoms with E-state index in [4.69, 9.17) is 0 Å². The topological polar surface area (TPSA) is 58.3 Å². The third-order valence-electron chi connectivity index (χ3n) is 3.50. The first-order valence-corrected chi connectivity index (χ1v) is 7.33. The quantitative estimate of drug-likeness (QED) is 0.923. The molecule has 0 radical (unpaired) electrons. The molecular formula is C15H19FN6. The highest BCUT2D eigenvalue weighted by molar-refractivity contribution is 5.80. The summed E-state index contributed by atoms with van der Waals surface area (Å²) in [7, 11) is 2.01. The molecule has 1 N–H and O–H groups in total. The number of guanidine groups is 1. The number of hydrogen-bond acceptors (Lipinski definition) is 5. The summed E-state index contributed by atoms with van der Waals surface area (Å²) < 4.78 is 14.9. The largest absolute Gasteiger partial charge is 0.349 e. The van der Waals surface area contributed by atoms with Crippen molar-refractivity contribution >= 4 is 5.96 Å². The molecule has 7 heteroatoms. The van der Waals surface area contributed by atoms with Crippen LogP contribution in [0, 0.1) is 5.82 Å². The third kappa shape index (κ3) is 3.60. The average Bonchev–Trinajstić information content (AvgIpc) is 2.94. The van der Waals surface area contributed by atoms with Crippen molar-refractivity contribution in [1.29, 1.82) is 0 Å². The molecule has 2 aromatic rings. The second-order valence-corrected chi connectivity index (χ2v) is 5.32. The van der Waals surface area contributed by atoms with Crippen LogP contribution in [0.25, 0.3) is 0 Å². The number of benzene rings is 1. The van der Waals surface area contributed by atoms with Gasteiger partial charge in [-0.05, 0) is 24.1 Å². The lowest BCUT2D eigenvalue weighted by atomic mass is 10.2. The highest BCUT2D eigenvalue weighted by atomic mass is 19.1. The van der Waals surface area contributed by atoms with E-state index in [1.54, 1.807) is 17.1 Å². The molecule has 22 heavy (non-hydrogen) atoms. The highest BCUT2D eigenvalue weighted by Gasteiger charge is 2.11. The molecule has 0 spiro atoms. The maximum Gasteiger partial charge on any atom is 0.194 e. The van der Waals surface area contributed by atoms with Gasteiger partial charge in [-0.1, -0.05) is 12.1 Å². The van der Waals surface area contributed by atoms with E-state index >= 15 is 0 Å². The van der Waals surface area contributed by atoms with Crippen LogP contribution in [0.4, 0.5) is 4.39 Å². The molecule has 1 aromatic carbocycles. The van der Waals surface area contributed by atoms with Crippen LogP contribution in [-0.2, 0) is 13.1 Å². The molecule has 0 bridgehead atoms. The Hall–Kier alpha value is -2.44. The van der Waals surface area contributed by atoms with Crippen LogP contribution in [0.2, 0.25) is 0 Å². The molecule has 0 aliphatic carbocycles. The first kappa shape index (κ1) is 14.5. The zero-order valence-electron chi connectivity index (χ0n) is 12.5. The predicted molar refractivity (Wildman–Crippen MR) is 81.9 cm³/mol. The van der Waals surface area contributed by atoms with Crippen LogP contribution < -0.4 is 5.32 Å². The zero-order valence-corrected chi connectivity index (χ0v) is 12.5. The van der Waals surface area contributed by atoms with Gasteiger partial charge in [-0.3, -0.25) is 4.99 Å². The molecule has 3 rings (SSSR count). The fourth-order valence-corrected chi connectivity index (χ4v) is 2.38. The molecule has 0 atom stereocenters. The van der Waals surface area contributed by atoms with Crippen LogP contribution >= 0.6 is 0 Å². The van der Waals surface area contributed by atoms with E-state index in [1.165, 1.54) is 12.1 Å². The Bertz CT molecular complexity index is 666. The summed E-state index contributed by atoms with van der Waals surface area (Å²) in [5.74, 6) is 1.34. The Morgan fingerprint density at radius 3 is 3.09 bits per heavy atom. The first-order valence-electron chi connectivity index (χ1n) is 7.33. The number of aromatic nitrogens is 3. The zero-order chi connectivity index (χ0) is 15.4. The monoisotopic (exact) mass is 302 g/mol. The molecule has 0 amide bonds. The van der Waals surface area contributed by atoms with Gasteiger partial charge in [-0.2, -0.15) is 5.10 Å². The van der Waals surface area contributed by atoms with Gasteiger partial charge in [0, 0.05) is 20.1 Å². The average molecular weight is 302 g/mol. The summed E-state index contributed by atoms with van der Waals surface area (Å²) in [6, 6.07) is 6.50. The molecule has 2 heterocycles. The van der Waals surface area contributed by atoms with Gasteiger partial charge in [0.25, 0.3) is 0 Å².